The second-order valence-electron chi connectivity index (χ2n) is 6.82. The maximum Gasteiger partial charge on any atom is 0.246 e. The first kappa shape index (κ1) is 19.5. The van der Waals surface area contributed by atoms with Gasteiger partial charge in [0, 0.05) is 31.8 Å². The SMILES string of the molecule is C[C@H](NC(=O)C1CCN(S(=O)(=O)c2cccnc2Cl)CC1)[C@@H]1CCCO1. The van der Waals surface area contributed by atoms with Crippen LogP contribution in [-0.2, 0) is 19.6 Å². The van der Waals surface area contributed by atoms with Crippen LogP contribution in [0.15, 0.2) is 23.2 Å². The Morgan fingerprint density at radius 3 is 2.73 bits per heavy atom. The Labute approximate surface area is 159 Å². The molecule has 0 unspecified atom stereocenters. The van der Waals surface area contributed by atoms with Crippen LogP contribution in [0.1, 0.15) is 32.6 Å². The zero-order chi connectivity index (χ0) is 18.7. The Kier molecular flexibility index (Phi) is 6.17. The number of pyridine rings is 1. The van der Waals surface area contributed by atoms with E-state index in [1.54, 1.807) is 6.07 Å². The van der Waals surface area contributed by atoms with Crippen molar-refractivity contribution in [3.8, 4) is 0 Å². The zero-order valence-electron chi connectivity index (χ0n) is 14.7. The minimum atomic E-state index is -3.69. The van der Waals surface area contributed by atoms with Crippen LogP contribution < -0.4 is 5.32 Å². The molecule has 0 saturated carbocycles. The number of aromatic nitrogens is 1. The first-order valence-corrected chi connectivity index (χ1v) is 10.7. The Balaban J connectivity index is 1.57. The number of amides is 1. The largest absolute Gasteiger partial charge is 0.376 e. The monoisotopic (exact) mass is 401 g/mol. The number of nitrogens with one attached hydrogen (secondary N) is 1. The molecule has 2 aliphatic heterocycles. The standard InChI is InChI=1S/C17H24ClN3O4S/c1-12(14-4-3-11-25-14)20-17(22)13-6-9-21(10-7-13)26(23,24)15-5-2-8-19-16(15)18/h2,5,8,12-14H,3-4,6-7,9-11H2,1H3,(H,20,22)/t12-,14-/m0/s1. The van der Waals surface area contributed by atoms with E-state index in [4.69, 9.17) is 16.3 Å². The molecule has 2 aliphatic rings. The number of sulfonamides is 1. The molecule has 26 heavy (non-hydrogen) atoms. The van der Waals surface area contributed by atoms with Crippen LogP contribution in [0.25, 0.3) is 0 Å². The van der Waals surface area contributed by atoms with E-state index in [0.717, 1.165) is 19.4 Å². The molecule has 2 saturated heterocycles. The second kappa shape index (κ2) is 8.21. The molecule has 3 heterocycles. The van der Waals surface area contributed by atoms with Gasteiger partial charge in [0.2, 0.25) is 15.9 Å². The molecule has 1 N–H and O–H groups in total. The molecule has 2 atom stereocenters. The van der Waals surface area contributed by atoms with Gasteiger partial charge in [-0.1, -0.05) is 11.6 Å². The molecule has 0 bridgehead atoms. The normalized spacial score (nSPS) is 23.7. The summed E-state index contributed by atoms with van der Waals surface area (Å²) in [7, 11) is -3.69. The number of hydrogen-bond acceptors (Lipinski definition) is 5. The molecule has 9 heteroatoms. The summed E-state index contributed by atoms with van der Waals surface area (Å²) in [6, 6.07) is 2.97. The van der Waals surface area contributed by atoms with Crippen molar-refractivity contribution in [3.05, 3.63) is 23.5 Å². The van der Waals surface area contributed by atoms with Gasteiger partial charge in [-0.25, -0.2) is 13.4 Å². The van der Waals surface area contributed by atoms with Crippen molar-refractivity contribution < 1.29 is 17.9 Å². The summed E-state index contributed by atoms with van der Waals surface area (Å²) >= 11 is 5.93. The smallest absolute Gasteiger partial charge is 0.246 e. The molecule has 0 aliphatic carbocycles. The van der Waals surface area contributed by atoms with E-state index in [2.05, 4.69) is 10.3 Å². The number of piperidine rings is 1. The third kappa shape index (κ3) is 4.19. The summed E-state index contributed by atoms with van der Waals surface area (Å²) < 4.78 is 32.4. The van der Waals surface area contributed by atoms with Crippen molar-refractivity contribution in [1.29, 1.82) is 0 Å². The molecule has 3 rings (SSSR count). The van der Waals surface area contributed by atoms with Crippen LogP contribution in [0, 0.1) is 5.92 Å². The van der Waals surface area contributed by atoms with Crippen molar-refractivity contribution in [2.24, 2.45) is 5.92 Å². The van der Waals surface area contributed by atoms with E-state index in [9.17, 15) is 13.2 Å². The van der Waals surface area contributed by atoms with Gasteiger partial charge in [-0.15, -0.1) is 0 Å². The van der Waals surface area contributed by atoms with E-state index < -0.39 is 10.0 Å². The molecule has 7 nitrogen and oxygen atoms in total. The minimum Gasteiger partial charge on any atom is -0.376 e. The van der Waals surface area contributed by atoms with Crippen molar-refractivity contribution in [2.45, 2.75) is 49.6 Å². The first-order valence-electron chi connectivity index (χ1n) is 8.92. The number of ether oxygens (including phenoxy) is 1. The van der Waals surface area contributed by atoms with E-state index in [1.165, 1.54) is 16.6 Å². The van der Waals surface area contributed by atoms with Gasteiger partial charge in [-0.05, 0) is 44.7 Å². The predicted molar refractivity (Wildman–Crippen MR) is 97.3 cm³/mol. The fourth-order valence-corrected chi connectivity index (χ4v) is 5.39. The predicted octanol–water partition coefficient (Wildman–Crippen LogP) is 1.82. The average Bonchev–Trinajstić information content (AvgIpc) is 3.17. The Hall–Kier alpha value is -1.22. The highest BCUT2D eigenvalue weighted by atomic mass is 35.5. The van der Waals surface area contributed by atoms with Crippen LogP contribution in [-0.4, -0.2) is 55.5 Å². The van der Waals surface area contributed by atoms with Crippen LogP contribution >= 0.6 is 11.6 Å². The third-order valence-electron chi connectivity index (χ3n) is 5.06. The molecule has 1 aromatic heterocycles. The molecule has 0 radical (unpaired) electrons. The quantitative estimate of drug-likeness (QED) is 0.760. The van der Waals surface area contributed by atoms with Crippen LogP contribution in [0.2, 0.25) is 5.15 Å². The van der Waals surface area contributed by atoms with Gasteiger partial charge in [-0.2, -0.15) is 4.31 Å². The van der Waals surface area contributed by atoms with Crippen molar-refractivity contribution in [1.82, 2.24) is 14.6 Å². The van der Waals surface area contributed by atoms with Gasteiger partial charge in [0.25, 0.3) is 0 Å². The number of carbonyl (C=O) groups excluding carboxylic acids is 1. The van der Waals surface area contributed by atoms with Gasteiger partial charge in [-0.3, -0.25) is 4.79 Å². The summed E-state index contributed by atoms with van der Waals surface area (Å²) in [5.41, 5.74) is 0. The van der Waals surface area contributed by atoms with E-state index in [1.807, 2.05) is 6.92 Å². The number of hydrogen-bond donors (Lipinski definition) is 1. The summed E-state index contributed by atoms with van der Waals surface area (Å²) in [5, 5.41) is 2.99. The second-order valence-corrected chi connectivity index (χ2v) is 9.08. The summed E-state index contributed by atoms with van der Waals surface area (Å²) in [5.74, 6) is -0.209. The number of rotatable bonds is 5. The van der Waals surface area contributed by atoms with Crippen LogP contribution in [0.4, 0.5) is 0 Å². The highest BCUT2D eigenvalue weighted by Gasteiger charge is 2.34. The van der Waals surface area contributed by atoms with Crippen molar-refractivity contribution in [3.63, 3.8) is 0 Å². The number of halogens is 1. The fourth-order valence-electron chi connectivity index (χ4n) is 3.49. The van der Waals surface area contributed by atoms with Gasteiger partial charge in [0.05, 0.1) is 12.1 Å². The van der Waals surface area contributed by atoms with E-state index >= 15 is 0 Å². The third-order valence-corrected chi connectivity index (χ3v) is 7.40. The Morgan fingerprint density at radius 1 is 1.38 bits per heavy atom. The highest BCUT2D eigenvalue weighted by Crippen LogP contribution is 2.27. The van der Waals surface area contributed by atoms with Gasteiger partial charge >= 0.3 is 0 Å². The van der Waals surface area contributed by atoms with E-state index in [0.29, 0.717) is 25.9 Å². The molecular formula is C17H24ClN3O4S. The molecule has 0 spiro atoms. The van der Waals surface area contributed by atoms with E-state index in [-0.39, 0.29) is 34.0 Å². The summed E-state index contributed by atoms with van der Waals surface area (Å²) in [6.45, 7) is 3.29. The topological polar surface area (TPSA) is 88.6 Å². The first-order chi connectivity index (χ1) is 12.4. The molecule has 144 valence electrons. The Morgan fingerprint density at radius 2 is 2.12 bits per heavy atom. The van der Waals surface area contributed by atoms with Crippen molar-refractivity contribution in [2.75, 3.05) is 19.7 Å². The lowest BCUT2D eigenvalue weighted by Gasteiger charge is -2.31. The maximum atomic E-state index is 12.7. The lowest BCUT2D eigenvalue weighted by Crippen LogP contribution is -2.47. The zero-order valence-corrected chi connectivity index (χ0v) is 16.3. The number of nitrogens with zero attached hydrogens (tertiary/aromatic N) is 2. The fraction of sp³-hybridized carbons (Fsp3) is 0.647. The lowest BCUT2D eigenvalue weighted by molar-refractivity contribution is -0.127. The molecule has 1 aromatic rings. The van der Waals surface area contributed by atoms with Gasteiger partial charge in [0.15, 0.2) is 0 Å². The van der Waals surface area contributed by atoms with Crippen LogP contribution in [0.3, 0.4) is 0 Å². The minimum absolute atomic E-state index is 0.0107. The molecule has 1 amide bonds. The highest BCUT2D eigenvalue weighted by molar-refractivity contribution is 7.89. The number of carbonyl (C=O) groups is 1. The molecular weight excluding hydrogens is 378 g/mol. The van der Waals surface area contributed by atoms with Crippen molar-refractivity contribution >= 4 is 27.5 Å². The molecule has 0 aromatic carbocycles. The Bertz CT molecular complexity index is 744. The van der Waals surface area contributed by atoms with Gasteiger partial charge in [0.1, 0.15) is 10.0 Å². The summed E-state index contributed by atoms with van der Waals surface area (Å²) in [6.07, 6.45) is 4.49. The van der Waals surface area contributed by atoms with Gasteiger partial charge < -0.3 is 10.1 Å². The summed E-state index contributed by atoms with van der Waals surface area (Å²) in [4.78, 5) is 16.3. The lowest BCUT2D eigenvalue weighted by atomic mass is 9.96. The van der Waals surface area contributed by atoms with Crippen LogP contribution in [0.5, 0.6) is 0 Å². The molecule has 2 fully saturated rings. The maximum absolute atomic E-state index is 12.7. The average molecular weight is 402 g/mol.